The number of hydrogen-bond donors (Lipinski definition) is 0. The van der Waals surface area contributed by atoms with E-state index in [1.807, 2.05) is 0 Å². The Hall–Kier alpha value is -2.67. The van der Waals surface area contributed by atoms with Gasteiger partial charge in [0.15, 0.2) is 16.4 Å². The molecule has 25 heavy (non-hydrogen) atoms. The first kappa shape index (κ1) is 18.7. The molecule has 0 bridgehead atoms. The lowest BCUT2D eigenvalue weighted by atomic mass is 10.1. The Morgan fingerprint density at radius 1 is 1.00 bits per heavy atom. The van der Waals surface area contributed by atoms with Crippen LogP contribution in [0, 0.1) is 0 Å². The van der Waals surface area contributed by atoms with Crippen LogP contribution in [0.4, 0.5) is 0 Å². The monoisotopic (exact) mass is 362 g/mol. The standard InChI is InChI=1S/C18H18O6S/c1-23-17-6-4-3-5-15(17)16(19)11-24-18(20)14-9-7-13(8-10-14)12-25(2,21)22/h3-10H,11-12H2,1-2H3. The number of carbonyl (C=O) groups excluding carboxylic acids is 2. The van der Waals surface area contributed by atoms with E-state index >= 15 is 0 Å². The van der Waals surface area contributed by atoms with Gasteiger partial charge in [-0.25, -0.2) is 13.2 Å². The molecule has 0 atom stereocenters. The largest absolute Gasteiger partial charge is 0.496 e. The average molecular weight is 362 g/mol. The number of rotatable bonds is 7. The van der Waals surface area contributed by atoms with Crippen molar-refractivity contribution < 1.29 is 27.5 Å². The third kappa shape index (κ3) is 5.42. The van der Waals surface area contributed by atoms with Crippen LogP contribution in [0.5, 0.6) is 5.75 Å². The van der Waals surface area contributed by atoms with E-state index in [0.29, 0.717) is 16.9 Å². The molecule has 0 unspecified atom stereocenters. The summed E-state index contributed by atoms with van der Waals surface area (Å²) >= 11 is 0. The minimum Gasteiger partial charge on any atom is -0.496 e. The van der Waals surface area contributed by atoms with E-state index in [1.165, 1.54) is 19.2 Å². The summed E-state index contributed by atoms with van der Waals surface area (Å²) < 4.78 is 32.6. The minimum absolute atomic E-state index is 0.103. The predicted molar refractivity (Wildman–Crippen MR) is 92.6 cm³/mol. The van der Waals surface area contributed by atoms with Gasteiger partial charge >= 0.3 is 5.97 Å². The fourth-order valence-electron chi connectivity index (χ4n) is 2.21. The molecule has 2 aromatic rings. The summed E-state index contributed by atoms with van der Waals surface area (Å²) in [6, 6.07) is 12.7. The van der Waals surface area contributed by atoms with Crippen LogP contribution in [0.3, 0.4) is 0 Å². The highest BCUT2D eigenvalue weighted by Crippen LogP contribution is 2.18. The fourth-order valence-corrected chi connectivity index (χ4v) is 3.00. The second kappa shape index (κ2) is 7.94. The molecule has 2 aromatic carbocycles. The molecule has 0 amide bonds. The smallest absolute Gasteiger partial charge is 0.338 e. The maximum atomic E-state index is 12.1. The van der Waals surface area contributed by atoms with Gasteiger partial charge in [0, 0.05) is 6.26 Å². The summed E-state index contributed by atoms with van der Waals surface area (Å²) in [5.74, 6) is -0.725. The van der Waals surface area contributed by atoms with E-state index in [-0.39, 0.29) is 17.1 Å². The van der Waals surface area contributed by atoms with E-state index in [2.05, 4.69) is 0 Å². The van der Waals surface area contributed by atoms with Crippen molar-refractivity contribution in [1.29, 1.82) is 0 Å². The van der Waals surface area contributed by atoms with E-state index in [0.717, 1.165) is 6.26 Å². The van der Waals surface area contributed by atoms with Gasteiger partial charge in [0.2, 0.25) is 5.78 Å². The SMILES string of the molecule is COc1ccccc1C(=O)COC(=O)c1ccc(CS(C)(=O)=O)cc1. The number of benzene rings is 2. The number of Topliss-reactive ketones (excluding diaryl/α,β-unsaturated/α-hetero) is 1. The van der Waals surface area contributed by atoms with Crippen molar-refractivity contribution in [3.8, 4) is 5.75 Å². The molecular formula is C18H18O6S. The quantitative estimate of drug-likeness (QED) is 0.555. The molecule has 0 aromatic heterocycles. The van der Waals surface area contributed by atoms with Crippen LogP contribution in [0.2, 0.25) is 0 Å². The fraction of sp³-hybridized carbons (Fsp3) is 0.222. The second-order valence-electron chi connectivity index (χ2n) is 5.47. The summed E-state index contributed by atoms with van der Waals surface area (Å²) in [6.45, 7) is -0.412. The number of sulfone groups is 1. The van der Waals surface area contributed by atoms with Crippen LogP contribution in [0.1, 0.15) is 26.3 Å². The van der Waals surface area contributed by atoms with E-state index < -0.39 is 22.4 Å². The Balaban J connectivity index is 1.99. The van der Waals surface area contributed by atoms with Crippen LogP contribution < -0.4 is 4.74 Å². The van der Waals surface area contributed by atoms with Crippen molar-refractivity contribution in [1.82, 2.24) is 0 Å². The lowest BCUT2D eigenvalue weighted by molar-refractivity contribution is 0.0474. The van der Waals surface area contributed by atoms with Crippen molar-refractivity contribution in [3.05, 3.63) is 65.2 Å². The molecule has 0 heterocycles. The van der Waals surface area contributed by atoms with E-state index in [4.69, 9.17) is 9.47 Å². The van der Waals surface area contributed by atoms with Crippen LogP contribution in [0.25, 0.3) is 0 Å². The molecule has 0 N–H and O–H groups in total. The number of para-hydroxylation sites is 1. The van der Waals surface area contributed by atoms with Gasteiger partial charge in [-0.3, -0.25) is 4.79 Å². The molecule has 132 valence electrons. The first-order valence-corrected chi connectivity index (χ1v) is 9.46. The molecular weight excluding hydrogens is 344 g/mol. The van der Waals surface area contributed by atoms with E-state index in [9.17, 15) is 18.0 Å². The van der Waals surface area contributed by atoms with Crippen molar-refractivity contribution in [2.75, 3.05) is 20.0 Å². The Morgan fingerprint density at radius 2 is 1.64 bits per heavy atom. The van der Waals surface area contributed by atoms with Crippen molar-refractivity contribution in [2.24, 2.45) is 0 Å². The average Bonchev–Trinajstić information content (AvgIpc) is 2.58. The van der Waals surface area contributed by atoms with Crippen LogP contribution >= 0.6 is 0 Å². The Bertz CT molecular complexity index is 869. The van der Waals surface area contributed by atoms with E-state index in [1.54, 1.807) is 36.4 Å². The van der Waals surface area contributed by atoms with Gasteiger partial charge in [-0.15, -0.1) is 0 Å². The summed E-state index contributed by atoms with van der Waals surface area (Å²) in [6.07, 6.45) is 1.14. The van der Waals surface area contributed by atoms with Crippen molar-refractivity contribution >= 4 is 21.6 Å². The van der Waals surface area contributed by atoms with Crippen LogP contribution in [0.15, 0.2) is 48.5 Å². The topological polar surface area (TPSA) is 86.7 Å². The van der Waals surface area contributed by atoms with Crippen LogP contribution in [-0.4, -0.2) is 40.1 Å². The zero-order chi connectivity index (χ0) is 18.4. The highest BCUT2D eigenvalue weighted by atomic mass is 32.2. The first-order valence-electron chi connectivity index (χ1n) is 7.40. The second-order valence-corrected chi connectivity index (χ2v) is 7.61. The number of ether oxygens (including phenoxy) is 2. The van der Waals surface area contributed by atoms with Crippen LogP contribution in [-0.2, 0) is 20.3 Å². The third-order valence-corrected chi connectivity index (χ3v) is 4.22. The molecule has 0 spiro atoms. The van der Waals surface area contributed by atoms with Gasteiger partial charge in [0.25, 0.3) is 0 Å². The molecule has 7 heteroatoms. The van der Waals surface area contributed by atoms with Gasteiger partial charge in [0.1, 0.15) is 5.75 Å². The minimum atomic E-state index is -3.14. The number of carbonyl (C=O) groups is 2. The third-order valence-electron chi connectivity index (χ3n) is 3.36. The van der Waals surface area contributed by atoms with Crippen molar-refractivity contribution in [2.45, 2.75) is 5.75 Å². The Morgan fingerprint density at radius 3 is 2.24 bits per heavy atom. The molecule has 0 radical (unpaired) electrons. The summed E-state index contributed by atoms with van der Waals surface area (Å²) in [4.78, 5) is 24.2. The number of hydrogen-bond acceptors (Lipinski definition) is 6. The highest BCUT2D eigenvalue weighted by Gasteiger charge is 2.15. The highest BCUT2D eigenvalue weighted by molar-refractivity contribution is 7.89. The zero-order valence-electron chi connectivity index (χ0n) is 13.9. The molecule has 0 saturated heterocycles. The molecule has 2 rings (SSSR count). The summed E-state index contributed by atoms with van der Waals surface area (Å²) in [5, 5.41) is 0. The number of esters is 1. The Labute approximate surface area is 146 Å². The molecule has 0 aliphatic carbocycles. The lowest BCUT2D eigenvalue weighted by Gasteiger charge is -2.08. The lowest BCUT2D eigenvalue weighted by Crippen LogP contribution is -2.15. The van der Waals surface area contributed by atoms with Gasteiger partial charge in [0.05, 0.1) is 24.0 Å². The Kier molecular flexibility index (Phi) is 5.93. The normalized spacial score (nSPS) is 11.0. The van der Waals surface area contributed by atoms with Gasteiger partial charge in [-0.05, 0) is 29.8 Å². The molecule has 0 saturated carbocycles. The zero-order valence-corrected chi connectivity index (χ0v) is 14.7. The van der Waals surface area contributed by atoms with Crippen molar-refractivity contribution in [3.63, 3.8) is 0 Å². The molecule has 0 fully saturated rings. The maximum absolute atomic E-state index is 12.1. The maximum Gasteiger partial charge on any atom is 0.338 e. The van der Waals surface area contributed by atoms with Gasteiger partial charge in [-0.2, -0.15) is 0 Å². The van der Waals surface area contributed by atoms with Gasteiger partial charge in [-0.1, -0.05) is 24.3 Å². The molecule has 6 nitrogen and oxygen atoms in total. The molecule has 0 aliphatic rings. The molecule has 0 aliphatic heterocycles. The van der Waals surface area contributed by atoms with Gasteiger partial charge < -0.3 is 9.47 Å². The summed E-state index contributed by atoms with van der Waals surface area (Å²) in [5.41, 5.74) is 1.15. The number of methoxy groups -OCH3 is 1. The summed E-state index contributed by atoms with van der Waals surface area (Å²) in [7, 11) is -1.69. The predicted octanol–water partition coefficient (Wildman–Crippen LogP) is 2.28. The number of ketones is 1. The first-order chi connectivity index (χ1) is 11.8.